The van der Waals surface area contributed by atoms with E-state index in [1.54, 1.807) is 6.20 Å². The summed E-state index contributed by atoms with van der Waals surface area (Å²) >= 11 is 0. The summed E-state index contributed by atoms with van der Waals surface area (Å²) in [7, 11) is 0. The second kappa shape index (κ2) is 7.88. The third-order valence-electron chi connectivity index (χ3n) is 5.51. The molecule has 2 heterocycles. The molecular formula is C18H30N4O. The second-order valence-corrected chi connectivity index (χ2v) is 6.48. The van der Waals surface area contributed by atoms with Crippen molar-refractivity contribution in [3.8, 4) is 0 Å². The van der Waals surface area contributed by atoms with Gasteiger partial charge in [0.05, 0.1) is 5.41 Å². The first-order chi connectivity index (χ1) is 11.1. The predicted molar refractivity (Wildman–Crippen MR) is 92.9 cm³/mol. The normalized spacial score (nSPS) is 18.0. The molecule has 1 aliphatic heterocycles. The van der Waals surface area contributed by atoms with E-state index in [2.05, 4.69) is 36.7 Å². The smallest absolute Gasteiger partial charge is 0.230 e. The van der Waals surface area contributed by atoms with Gasteiger partial charge in [0.25, 0.3) is 0 Å². The molecule has 1 atom stereocenters. The van der Waals surface area contributed by atoms with Gasteiger partial charge in [-0.15, -0.1) is 0 Å². The maximum absolute atomic E-state index is 12.9. The van der Waals surface area contributed by atoms with E-state index < -0.39 is 0 Å². The number of amides is 1. The Hall–Kier alpha value is -1.46. The molecule has 5 nitrogen and oxygen atoms in total. The van der Waals surface area contributed by atoms with Gasteiger partial charge in [-0.25, -0.2) is 0 Å². The quantitative estimate of drug-likeness (QED) is 0.872. The zero-order valence-electron chi connectivity index (χ0n) is 14.7. The largest absolute Gasteiger partial charge is 0.340 e. The molecule has 1 aliphatic rings. The summed E-state index contributed by atoms with van der Waals surface area (Å²) < 4.78 is 0. The van der Waals surface area contributed by atoms with E-state index in [-0.39, 0.29) is 11.3 Å². The first-order valence-electron chi connectivity index (χ1n) is 8.71. The lowest BCUT2D eigenvalue weighted by Gasteiger charge is -2.42. The molecule has 0 saturated carbocycles. The fourth-order valence-electron chi connectivity index (χ4n) is 3.41. The fourth-order valence-corrected chi connectivity index (χ4v) is 3.41. The molecule has 23 heavy (non-hydrogen) atoms. The Morgan fingerprint density at radius 2 is 1.96 bits per heavy atom. The third-order valence-corrected chi connectivity index (χ3v) is 5.51. The van der Waals surface area contributed by atoms with Crippen LogP contribution in [0.4, 0.5) is 0 Å². The van der Waals surface area contributed by atoms with Crippen LogP contribution in [-0.4, -0.2) is 53.4 Å². The van der Waals surface area contributed by atoms with Crippen molar-refractivity contribution in [3.05, 3.63) is 30.1 Å². The molecule has 1 saturated heterocycles. The van der Waals surface area contributed by atoms with Crippen molar-refractivity contribution in [2.45, 2.75) is 39.7 Å². The number of hydrogen-bond acceptors (Lipinski definition) is 4. The van der Waals surface area contributed by atoms with Crippen LogP contribution in [0.25, 0.3) is 0 Å². The Labute approximate surface area is 139 Å². The van der Waals surface area contributed by atoms with Crippen molar-refractivity contribution in [1.29, 1.82) is 0 Å². The van der Waals surface area contributed by atoms with Crippen molar-refractivity contribution in [2.24, 2.45) is 11.1 Å². The van der Waals surface area contributed by atoms with Gasteiger partial charge in [0.1, 0.15) is 0 Å². The van der Waals surface area contributed by atoms with Gasteiger partial charge in [-0.3, -0.25) is 14.7 Å². The van der Waals surface area contributed by atoms with Gasteiger partial charge in [-0.1, -0.05) is 19.9 Å². The molecule has 0 aromatic carbocycles. The summed E-state index contributed by atoms with van der Waals surface area (Å²) in [6.45, 7) is 10.1. The molecule has 2 N–H and O–H groups in total. The highest BCUT2D eigenvalue weighted by Gasteiger charge is 2.38. The van der Waals surface area contributed by atoms with Crippen LogP contribution in [0.15, 0.2) is 24.5 Å². The number of carbonyl (C=O) groups excluding carboxylic acids is 1. The summed E-state index contributed by atoms with van der Waals surface area (Å²) in [5.41, 5.74) is 6.77. The minimum absolute atomic E-state index is 0.235. The van der Waals surface area contributed by atoms with Crippen LogP contribution < -0.4 is 5.73 Å². The van der Waals surface area contributed by atoms with Gasteiger partial charge in [0, 0.05) is 51.2 Å². The van der Waals surface area contributed by atoms with Crippen molar-refractivity contribution >= 4 is 5.91 Å². The predicted octanol–water partition coefficient (Wildman–Crippen LogP) is 2.05. The van der Waals surface area contributed by atoms with E-state index in [9.17, 15) is 4.79 Å². The first kappa shape index (κ1) is 17.9. The zero-order chi connectivity index (χ0) is 16.9. The summed E-state index contributed by atoms with van der Waals surface area (Å²) in [5.74, 6) is 0.235. The molecule has 1 amide bonds. The number of pyridine rings is 1. The Balaban J connectivity index is 1.97. The van der Waals surface area contributed by atoms with Crippen molar-refractivity contribution in [2.75, 3.05) is 32.7 Å². The SMILES string of the molecule is CCC(CC)(CN)C(=O)N1CCN(C(C)c2cccnc2)CC1. The van der Waals surface area contributed by atoms with Gasteiger partial charge in [-0.2, -0.15) is 0 Å². The highest BCUT2D eigenvalue weighted by atomic mass is 16.2. The van der Waals surface area contributed by atoms with Crippen LogP contribution >= 0.6 is 0 Å². The Morgan fingerprint density at radius 1 is 1.30 bits per heavy atom. The average Bonchev–Trinajstić information content (AvgIpc) is 2.64. The lowest BCUT2D eigenvalue weighted by molar-refractivity contribution is -0.144. The van der Waals surface area contributed by atoms with Crippen LogP contribution in [0.5, 0.6) is 0 Å². The van der Waals surface area contributed by atoms with Crippen LogP contribution in [0.3, 0.4) is 0 Å². The molecule has 1 aromatic heterocycles. The van der Waals surface area contributed by atoms with E-state index in [0.29, 0.717) is 12.6 Å². The average molecular weight is 318 g/mol. The summed E-state index contributed by atoms with van der Waals surface area (Å²) in [6.07, 6.45) is 5.35. The molecule has 5 heteroatoms. The molecule has 0 bridgehead atoms. The zero-order valence-corrected chi connectivity index (χ0v) is 14.7. The number of aromatic nitrogens is 1. The third kappa shape index (κ3) is 3.72. The second-order valence-electron chi connectivity index (χ2n) is 6.48. The Morgan fingerprint density at radius 3 is 2.43 bits per heavy atom. The van der Waals surface area contributed by atoms with Crippen molar-refractivity contribution < 1.29 is 4.79 Å². The van der Waals surface area contributed by atoms with E-state index in [1.165, 1.54) is 5.56 Å². The number of nitrogens with zero attached hydrogens (tertiary/aromatic N) is 3. The molecule has 1 fully saturated rings. The van der Waals surface area contributed by atoms with Gasteiger partial charge in [-0.05, 0) is 31.4 Å². The maximum atomic E-state index is 12.9. The topological polar surface area (TPSA) is 62.5 Å². The summed E-state index contributed by atoms with van der Waals surface area (Å²) in [4.78, 5) is 21.5. The highest BCUT2D eigenvalue weighted by molar-refractivity contribution is 5.83. The molecule has 1 unspecified atom stereocenters. The molecule has 0 radical (unpaired) electrons. The molecule has 128 valence electrons. The van der Waals surface area contributed by atoms with Gasteiger partial charge < -0.3 is 10.6 Å². The molecule has 0 aliphatic carbocycles. The highest BCUT2D eigenvalue weighted by Crippen LogP contribution is 2.29. The van der Waals surface area contributed by atoms with Gasteiger partial charge in [0.15, 0.2) is 0 Å². The Kier molecular flexibility index (Phi) is 6.13. The minimum atomic E-state index is -0.378. The van der Waals surface area contributed by atoms with E-state index in [4.69, 9.17) is 5.73 Å². The van der Waals surface area contributed by atoms with E-state index in [0.717, 1.165) is 39.0 Å². The van der Waals surface area contributed by atoms with Crippen LogP contribution in [0, 0.1) is 5.41 Å². The number of rotatable bonds is 6. The van der Waals surface area contributed by atoms with Crippen molar-refractivity contribution in [1.82, 2.24) is 14.8 Å². The van der Waals surface area contributed by atoms with Crippen molar-refractivity contribution in [3.63, 3.8) is 0 Å². The monoisotopic (exact) mass is 318 g/mol. The van der Waals surface area contributed by atoms with Gasteiger partial charge >= 0.3 is 0 Å². The van der Waals surface area contributed by atoms with E-state index >= 15 is 0 Å². The molecule has 0 spiro atoms. The lowest BCUT2D eigenvalue weighted by Crippen LogP contribution is -2.55. The standard InChI is InChI=1S/C18H30N4O/c1-4-18(5-2,14-19)17(23)22-11-9-21(10-12-22)15(3)16-7-6-8-20-13-16/h6-8,13,15H,4-5,9-12,14,19H2,1-3H3. The van der Waals surface area contributed by atoms with Crippen LogP contribution in [0.2, 0.25) is 0 Å². The van der Waals surface area contributed by atoms with E-state index in [1.807, 2.05) is 17.2 Å². The summed E-state index contributed by atoms with van der Waals surface area (Å²) in [6, 6.07) is 4.42. The lowest BCUT2D eigenvalue weighted by atomic mass is 9.80. The molecule has 2 rings (SSSR count). The molecule has 1 aromatic rings. The van der Waals surface area contributed by atoms with Gasteiger partial charge in [0.2, 0.25) is 5.91 Å². The molecular weight excluding hydrogens is 288 g/mol. The Bertz CT molecular complexity index is 485. The number of hydrogen-bond donors (Lipinski definition) is 1. The maximum Gasteiger partial charge on any atom is 0.230 e. The minimum Gasteiger partial charge on any atom is -0.340 e. The number of carbonyl (C=O) groups is 1. The summed E-state index contributed by atoms with van der Waals surface area (Å²) in [5, 5.41) is 0. The fraction of sp³-hybridized carbons (Fsp3) is 0.667. The first-order valence-corrected chi connectivity index (χ1v) is 8.71. The van der Waals surface area contributed by atoms with Crippen LogP contribution in [-0.2, 0) is 4.79 Å². The number of nitrogens with two attached hydrogens (primary N) is 1. The van der Waals surface area contributed by atoms with Crippen LogP contribution in [0.1, 0.15) is 45.2 Å². The number of piperazine rings is 1.